The number of alkyl halides is 3. The van der Waals surface area contributed by atoms with E-state index in [4.69, 9.17) is 16.9 Å². The number of hydrogen-bond acceptors (Lipinski definition) is 4. The van der Waals surface area contributed by atoms with Crippen LogP contribution in [-0.4, -0.2) is 18.9 Å². The molecule has 0 N–H and O–H groups in total. The van der Waals surface area contributed by atoms with E-state index in [9.17, 15) is 18.0 Å². The molecule has 8 heteroatoms. The predicted molar refractivity (Wildman–Crippen MR) is 63.2 cm³/mol. The maximum absolute atomic E-state index is 12.3. The van der Waals surface area contributed by atoms with E-state index in [0.29, 0.717) is 0 Å². The van der Waals surface area contributed by atoms with Gasteiger partial charge < -0.3 is 9.47 Å². The van der Waals surface area contributed by atoms with Crippen molar-refractivity contribution >= 4 is 17.6 Å². The molecule has 0 heterocycles. The van der Waals surface area contributed by atoms with Crippen molar-refractivity contribution in [2.45, 2.75) is 19.7 Å². The van der Waals surface area contributed by atoms with Crippen molar-refractivity contribution in [1.82, 2.24) is 0 Å². The summed E-state index contributed by atoms with van der Waals surface area (Å²) in [6.45, 7) is 1.71. The normalized spacial score (nSPS) is 10.8. The van der Waals surface area contributed by atoms with E-state index >= 15 is 0 Å². The van der Waals surface area contributed by atoms with E-state index in [1.807, 2.05) is 0 Å². The molecule has 108 valence electrons. The van der Waals surface area contributed by atoms with Gasteiger partial charge in [-0.25, -0.2) is 0 Å². The van der Waals surface area contributed by atoms with Crippen molar-refractivity contribution in [3.05, 3.63) is 28.3 Å². The second-order valence-electron chi connectivity index (χ2n) is 3.55. The predicted octanol–water partition coefficient (Wildman–Crippen LogP) is 3.22. The molecule has 1 rings (SSSR count). The standard InChI is InChI=1S/C12H9ClF3NO3/c1-2-19-10(18)5-7-3-4-9(13)11(8(7)6-17)20-12(14,15)16/h3-4H,2,5H2,1H3. The van der Waals surface area contributed by atoms with Gasteiger partial charge >= 0.3 is 12.3 Å². The molecular formula is C12H9ClF3NO3. The number of carbonyl (C=O) groups excluding carboxylic acids is 1. The van der Waals surface area contributed by atoms with Crippen LogP contribution in [0, 0.1) is 11.3 Å². The van der Waals surface area contributed by atoms with Crippen LogP contribution < -0.4 is 4.74 Å². The molecule has 0 bridgehead atoms. The van der Waals surface area contributed by atoms with Crippen molar-refractivity contribution in [1.29, 1.82) is 5.26 Å². The second-order valence-corrected chi connectivity index (χ2v) is 3.96. The minimum atomic E-state index is -4.99. The van der Waals surface area contributed by atoms with E-state index in [-0.39, 0.29) is 23.6 Å². The average Bonchev–Trinajstić information content (AvgIpc) is 2.32. The van der Waals surface area contributed by atoms with Gasteiger partial charge in [-0.3, -0.25) is 4.79 Å². The molecule has 0 aliphatic carbocycles. The van der Waals surface area contributed by atoms with Gasteiger partial charge in [0.1, 0.15) is 6.07 Å². The summed E-state index contributed by atoms with van der Waals surface area (Å²) >= 11 is 5.59. The number of esters is 1. The zero-order valence-corrected chi connectivity index (χ0v) is 11.0. The Bertz CT molecular complexity index is 552. The molecule has 0 fully saturated rings. The number of carbonyl (C=O) groups is 1. The first-order valence-electron chi connectivity index (χ1n) is 5.41. The van der Waals surface area contributed by atoms with Gasteiger partial charge in [-0.1, -0.05) is 17.7 Å². The quantitative estimate of drug-likeness (QED) is 0.801. The Morgan fingerprint density at radius 3 is 2.60 bits per heavy atom. The van der Waals surface area contributed by atoms with Crippen molar-refractivity contribution in [2.75, 3.05) is 6.61 Å². The monoisotopic (exact) mass is 307 g/mol. The highest BCUT2D eigenvalue weighted by atomic mass is 35.5. The van der Waals surface area contributed by atoms with Gasteiger partial charge in [0.05, 0.1) is 23.6 Å². The molecule has 0 saturated heterocycles. The molecule has 0 aromatic heterocycles. The van der Waals surface area contributed by atoms with E-state index in [1.54, 1.807) is 13.0 Å². The van der Waals surface area contributed by atoms with E-state index in [1.165, 1.54) is 6.07 Å². The van der Waals surface area contributed by atoms with Crippen LogP contribution in [0.4, 0.5) is 13.2 Å². The van der Waals surface area contributed by atoms with E-state index < -0.39 is 23.6 Å². The third-order valence-electron chi connectivity index (χ3n) is 2.17. The molecule has 0 amide bonds. The summed E-state index contributed by atoms with van der Waals surface area (Å²) in [7, 11) is 0. The third-order valence-corrected chi connectivity index (χ3v) is 2.46. The Labute approximate surface area is 117 Å². The first-order chi connectivity index (χ1) is 9.28. The number of hydrogen-bond donors (Lipinski definition) is 0. The summed E-state index contributed by atoms with van der Waals surface area (Å²) in [6, 6.07) is 3.96. The summed E-state index contributed by atoms with van der Waals surface area (Å²) in [6.07, 6.45) is -5.33. The number of benzene rings is 1. The fraction of sp³-hybridized carbons (Fsp3) is 0.333. The van der Waals surface area contributed by atoms with E-state index in [2.05, 4.69) is 9.47 Å². The molecular weight excluding hydrogens is 299 g/mol. The van der Waals surface area contributed by atoms with Crippen molar-refractivity contribution in [2.24, 2.45) is 0 Å². The molecule has 0 unspecified atom stereocenters. The van der Waals surface area contributed by atoms with Crippen LogP contribution >= 0.6 is 11.6 Å². The lowest BCUT2D eigenvalue weighted by molar-refractivity contribution is -0.274. The summed E-state index contributed by atoms with van der Waals surface area (Å²) < 4.78 is 45.2. The van der Waals surface area contributed by atoms with Crippen molar-refractivity contribution in [3.8, 4) is 11.8 Å². The SMILES string of the molecule is CCOC(=O)Cc1ccc(Cl)c(OC(F)(F)F)c1C#N. The van der Waals surface area contributed by atoms with Gasteiger partial charge in [-0.2, -0.15) is 5.26 Å². The first-order valence-corrected chi connectivity index (χ1v) is 5.79. The average molecular weight is 308 g/mol. The highest BCUT2D eigenvalue weighted by Crippen LogP contribution is 2.35. The summed E-state index contributed by atoms with van der Waals surface area (Å²) in [5.41, 5.74) is -0.391. The molecule has 0 spiro atoms. The summed E-state index contributed by atoms with van der Waals surface area (Å²) in [4.78, 5) is 11.3. The highest BCUT2D eigenvalue weighted by molar-refractivity contribution is 6.32. The van der Waals surface area contributed by atoms with Crippen LogP contribution in [0.25, 0.3) is 0 Å². The lowest BCUT2D eigenvalue weighted by atomic mass is 10.0. The Hall–Kier alpha value is -1.94. The fourth-order valence-electron chi connectivity index (χ4n) is 1.45. The Morgan fingerprint density at radius 2 is 2.10 bits per heavy atom. The van der Waals surface area contributed by atoms with Crippen LogP contribution in [0.1, 0.15) is 18.1 Å². The number of nitrogens with zero attached hydrogens (tertiary/aromatic N) is 1. The van der Waals surface area contributed by atoms with Gasteiger partial charge in [-0.05, 0) is 18.6 Å². The van der Waals surface area contributed by atoms with Gasteiger partial charge in [-0.15, -0.1) is 13.2 Å². The number of ether oxygens (including phenoxy) is 2. The maximum Gasteiger partial charge on any atom is 0.573 e. The van der Waals surface area contributed by atoms with Crippen LogP contribution in [0.2, 0.25) is 5.02 Å². The van der Waals surface area contributed by atoms with Crippen molar-refractivity contribution in [3.63, 3.8) is 0 Å². The Morgan fingerprint density at radius 1 is 1.45 bits per heavy atom. The van der Waals surface area contributed by atoms with Crippen molar-refractivity contribution < 1.29 is 27.4 Å². The van der Waals surface area contributed by atoms with Crippen LogP contribution in [0.5, 0.6) is 5.75 Å². The first kappa shape index (κ1) is 16.1. The summed E-state index contributed by atoms with van der Waals surface area (Å²) in [5.74, 6) is -1.48. The minimum Gasteiger partial charge on any atom is -0.466 e. The Balaban J connectivity index is 3.18. The van der Waals surface area contributed by atoms with Gasteiger partial charge in [0.15, 0.2) is 5.75 Å². The molecule has 0 aliphatic rings. The van der Waals surface area contributed by atoms with Crippen LogP contribution in [0.15, 0.2) is 12.1 Å². The van der Waals surface area contributed by atoms with Gasteiger partial charge in [0.2, 0.25) is 0 Å². The smallest absolute Gasteiger partial charge is 0.466 e. The largest absolute Gasteiger partial charge is 0.573 e. The van der Waals surface area contributed by atoms with Gasteiger partial charge in [0.25, 0.3) is 0 Å². The molecule has 1 aromatic carbocycles. The van der Waals surface area contributed by atoms with E-state index in [0.717, 1.165) is 6.07 Å². The lowest BCUT2D eigenvalue weighted by Crippen LogP contribution is -2.19. The highest BCUT2D eigenvalue weighted by Gasteiger charge is 2.34. The number of nitriles is 1. The maximum atomic E-state index is 12.3. The summed E-state index contributed by atoms with van der Waals surface area (Å²) in [5, 5.41) is 8.59. The molecule has 4 nitrogen and oxygen atoms in total. The molecule has 0 saturated carbocycles. The minimum absolute atomic E-state index is 0.0506. The molecule has 0 radical (unpaired) electrons. The number of halogens is 4. The zero-order chi connectivity index (χ0) is 15.3. The zero-order valence-electron chi connectivity index (χ0n) is 10.3. The topological polar surface area (TPSA) is 59.3 Å². The second kappa shape index (κ2) is 6.48. The molecule has 0 aliphatic heterocycles. The Kier molecular flexibility index (Phi) is 5.22. The fourth-order valence-corrected chi connectivity index (χ4v) is 1.65. The molecule has 0 atom stereocenters. The van der Waals surface area contributed by atoms with Gasteiger partial charge in [0, 0.05) is 0 Å². The van der Waals surface area contributed by atoms with Crippen LogP contribution in [-0.2, 0) is 16.0 Å². The molecule has 20 heavy (non-hydrogen) atoms. The molecule has 1 aromatic rings. The third kappa shape index (κ3) is 4.31. The lowest BCUT2D eigenvalue weighted by Gasteiger charge is -2.14. The van der Waals surface area contributed by atoms with Crippen LogP contribution in [0.3, 0.4) is 0 Å². The number of rotatable bonds is 4.